The summed E-state index contributed by atoms with van der Waals surface area (Å²) in [6, 6.07) is 5.30. The normalized spacial score (nSPS) is 24.8. The molecule has 1 aliphatic heterocycles. The molecule has 1 N–H and O–H groups in total. The molecule has 0 saturated carbocycles. The summed E-state index contributed by atoms with van der Waals surface area (Å²) in [5.41, 5.74) is 3.57. The fourth-order valence-electron chi connectivity index (χ4n) is 5.39. The van der Waals surface area contributed by atoms with Crippen LogP contribution in [0.5, 0.6) is 0 Å². The topological polar surface area (TPSA) is 74.8 Å². The lowest BCUT2D eigenvalue weighted by Crippen LogP contribution is -2.66. The Morgan fingerprint density at radius 1 is 1.23 bits per heavy atom. The molecular formula is C22H22F3N5O. The van der Waals surface area contributed by atoms with E-state index in [0.717, 1.165) is 32.6 Å². The predicted molar refractivity (Wildman–Crippen MR) is 108 cm³/mol. The van der Waals surface area contributed by atoms with Crippen molar-refractivity contribution in [3.63, 3.8) is 0 Å². The summed E-state index contributed by atoms with van der Waals surface area (Å²) in [4.78, 5) is 21.2. The van der Waals surface area contributed by atoms with E-state index < -0.39 is 23.5 Å². The average molecular weight is 429 g/mol. The number of aromatic nitrogens is 4. The Labute approximate surface area is 176 Å². The van der Waals surface area contributed by atoms with Crippen molar-refractivity contribution in [2.24, 2.45) is 5.41 Å². The van der Waals surface area contributed by atoms with Crippen LogP contribution in [0.25, 0.3) is 22.4 Å². The number of halogens is 3. The van der Waals surface area contributed by atoms with E-state index in [0.29, 0.717) is 18.7 Å². The number of likely N-dealkylation sites (tertiary alicyclic amines) is 1. The number of H-pyrrole nitrogens is 1. The summed E-state index contributed by atoms with van der Waals surface area (Å²) in [6.07, 6.45) is -0.823. The van der Waals surface area contributed by atoms with E-state index in [1.807, 2.05) is 26.0 Å². The number of rotatable bonds is 1. The van der Waals surface area contributed by atoms with Gasteiger partial charge in [-0.25, -0.2) is 4.98 Å². The number of imidazole rings is 1. The molecule has 5 rings (SSSR count). The van der Waals surface area contributed by atoms with Gasteiger partial charge in [0.2, 0.25) is 0 Å². The zero-order chi connectivity index (χ0) is 22.2. The Kier molecular flexibility index (Phi) is 4.04. The first-order valence-electron chi connectivity index (χ1n) is 10.2. The number of hydrogen-bond acceptors (Lipinski definition) is 4. The smallest absolute Gasteiger partial charge is 0.338 e. The number of hydrogen-bond donors (Lipinski definition) is 1. The first-order chi connectivity index (χ1) is 14.5. The van der Waals surface area contributed by atoms with Crippen LogP contribution in [0.1, 0.15) is 38.3 Å². The highest BCUT2D eigenvalue weighted by molar-refractivity contribution is 5.84. The average Bonchev–Trinajstić information content (AvgIpc) is 3.12. The van der Waals surface area contributed by atoms with Gasteiger partial charge in [-0.3, -0.25) is 4.79 Å². The summed E-state index contributed by atoms with van der Waals surface area (Å²) in [5.74, 6) is -1.08. The number of nitrogens with one attached hydrogen (secondary N) is 1. The standard InChI is InChI=1S/C22H22F3N5O/c1-20(2)17-9-13-8-15-16(29-18(28-15)12-4-6-26-27-11-12)10-14(13)21(20,3)5-7-30(17)19(31)22(23,24)25/h4,6,8,10-11,17H,5,7,9H2,1-3H3,(H,28,29)/t17-,21?/m1/s1. The number of piperidine rings is 1. The number of alkyl halides is 3. The molecule has 2 aromatic heterocycles. The summed E-state index contributed by atoms with van der Waals surface area (Å²) < 4.78 is 39.8. The lowest BCUT2D eigenvalue weighted by molar-refractivity contribution is -0.195. The van der Waals surface area contributed by atoms with E-state index in [1.165, 1.54) is 0 Å². The maximum atomic E-state index is 13.3. The fraction of sp³-hybridized carbons (Fsp3) is 0.455. The van der Waals surface area contributed by atoms with Gasteiger partial charge in [-0.05, 0) is 47.6 Å². The monoisotopic (exact) mass is 429 g/mol. The second-order valence-corrected chi connectivity index (χ2v) is 9.26. The predicted octanol–water partition coefficient (Wildman–Crippen LogP) is 4.02. The third-order valence-electron chi connectivity index (χ3n) is 7.56. The highest BCUT2D eigenvalue weighted by Crippen LogP contribution is 2.56. The number of fused-ring (bicyclic) bond motifs is 5. The number of carbonyl (C=O) groups excluding carboxylic acids is 1. The fourth-order valence-corrected chi connectivity index (χ4v) is 5.39. The Bertz CT molecular complexity index is 1190. The number of amides is 1. The molecule has 1 saturated heterocycles. The Hall–Kier alpha value is -2.97. The largest absolute Gasteiger partial charge is 0.471 e. The van der Waals surface area contributed by atoms with Gasteiger partial charge >= 0.3 is 12.1 Å². The Balaban J connectivity index is 1.63. The van der Waals surface area contributed by atoms with Crippen molar-refractivity contribution in [3.8, 4) is 11.4 Å². The van der Waals surface area contributed by atoms with Gasteiger partial charge in [0.05, 0.1) is 23.4 Å². The highest BCUT2D eigenvalue weighted by Gasteiger charge is 2.59. The minimum absolute atomic E-state index is 0.0922. The van der Waals surface area contributed by atoms with Crippen LogP contribution in [0.15, 0.2) is 30.6 Å². The number of benzene rings is 1. The van der Waals surface area contributed by atoms with Crippen LogP contribution in [0.2, 0.25) is 0 Å². The van der Waals surface area contributed by atoms with E-state index in [2.05, 4.69) is 28.2 Å². The number of carbonyl (C=O) groups is 1. The zero-order valence-corrected chi connectivity index (χ0v) is 17.4. The van der Waals surface area contributed by atoms with Crippen molar-refractivity contribution in [1.29, 1.82) is 0 Å². The third kappa shape index (κ3) is 2.78. The minimum Gasteiger partial charge on any atom is -0.338 e. The second-order valence-electron chi connectivity index (χ2n) is 9.26. The third-order valence-corrected chi connectivity index (χ3v) is 7.56. The van der Waals surface area contributed by atoms with Crippen molar-refractivity contribution in [2.75, 3.05) is 6.54 Å². The first kappa shape index (κ1) is 20.0. The van der Waals surface area contributed by atoms with E-state index in [-0.39, 0.29) is 12.0 Å². The van der Waals surface area contributed by atoms with Crippen LogP contribution in [0.4, 0.5) is 13.2 Å². The van der Waals surface area contributed by atoms with Gasteiger partial charge in [-0.1, -0.05) is 20.8 Å². The summed E-state index contributed by atoms with van der Waals surface area (Å²) in [5, 5.41) is 7.67. The van der Waals surface area contributed by atoms with Crippen LogP contribution < -0.4 is 0 Å². The molecule has 9 heteroatoms. The van der Waals surface area contributed by atoms with Crippen LogP contribution in [-0.4, -0.2) is 49.7 Å². The van der Waals surface area contributed by atoms with Crippen LogP contribution in [0.3, 0.4) is 0 Å². The Morgan fingerprint density at radius 2 is 2.00 bits per heavy atom. The van der Waals surface area contributed by atoms with E-state index in [1.54, 1.807) is 12.4 Å². The van der Waals surface area contributed by atoms with Gasteiger partial charge in [-0.15, -0.1) is 0 Å². The molecule has 3 heterocycles. The summed E-state index contributed by atoms with van der Waals surface area (Å²) in [6.45, 7) is 6.13. The van der Waals surface area contributed by atoms with E-state index in [9.17, 15) is 18.0 Å². The summed E-state index contributed by atoms with van der Waals surface area (Å²) >= 11 is 0. The molecule has 1 amide bonds. The van der Waals surface area contributed by atoms with Crippen molar-refractivity contribution < 1.29 is 18.0 Å². The molecule has 2 bridgehead atoms. The van der Waals surface area contributed by atoms with Crippen molar-refractivity contribution in [2.45, 2.75) is 51.2 Å². The van der Waals surface area contributed by atoms with Gasteiger partial charge in [0, 0.05) is 23.6 Å². The van der Waals surface area contributed by atoms with Crippen LogP contribution in [-0.2, 0) is 16.6 Å². The zero-order valence-electron chi connectivity index (χ0n) is 17.4. The molecule has 0 radical (unpaired) electrons. The summed E-state index contributed by atoms with van der Waals surface area (Å²) in [7, 11) is 0. The second kappa shape index (κ2) is 6.27. The van der Waals surface area contributed by atoms with Gasteiger partial charge in [0.15, 0.2) is 0 Å². The van der Waals surface area contributed by atoms with Crippen LogP contribution in [0, 0.1) is 5.41 Å². The van der Waals surface area contributed by atoms with Crippen molar-refractivity contribution >= 4 is 16.9 Å². The SMILES string of the molecule is CC12CCN(C(=O)C(F)(F)F)[C@H](Cc3cc4[nH]c(-c5ccnnc5)nc4cc31)C2(C)C. The van der Waals surface area contributed by atoms with Crippen molar-refractivity contribution in [1.82, 2.24) is 25.1 Å². The molecule has 3 aromatic rings. The number of nitrogens with zero attached hydrogens (tertiary/aromatic N) is 4. The van der Waals surface area contributed by atoms with E-state index >= 15 is 0 Å². The molecule has 0 spiro atoms. The molecule has 1 aliphatic carbocycles. The maximum absolute atomic E-state index is 13.3. The number of aromatic amines is 1. The van der Waals surface area contributed by atoms with E-state index in [4.69, 9.17) is 4.98 Å². The molecule has 6 nitrogen and oxygen atoms in total. The molecule has 1 unspecified atom stereocenters. The molecule has 1 fully saturated rings. The molecule has 2 aliphatic rings. The minimum atomic E-state index is -4.87. The van der Waals surface area contributed by atoms with Gasteiger partial charge in [-0.2, -0.15) is 23.4 Å². The molecule has 31 heavy (non-hydrogen) atoms. The molecular weight excluding hydrogens is 407 g/mol. The lowest BCUT2D eigenvalue weighted by Gasteiger charge is -2.60. The molecule has 162 valence electrons. The van der Waals surface area contributed by atoms with Gasteiger partial charge < -0.3 is 9.88 Å². The van der Waals surface area contributed by atoms with Crippen molar-refractivity contribution in [3.05, 3.63) is 41.7 Å². The quantitative estimate of drug-likeness (QED) is 0.634. The van der Waals surface area contributed by atoms with Gasteiger partial charge in [0.1, 0.15) is 5.82 Å². The van der Waals surface area contributed by atoms with Crippen LogP contribution >= 0.6 is 0 Å². The Morgan fingerprint density at radius 3 is 2.68 bits per heavy atom. The molecule has 2 atom stereocenters. The maximum Gasteiger partial charge on any atom is 0.471 e. The van der Waals surface area contributed by atoms with Gasteiger partial charge in [0.25, 0.3) is 0 Å². The highest BCUT2D eigenvalue weighted by atomic mass is 19.4. The molecule has 1 aromatic carbocycles. The lowest BCUT2D eigenvalue weighted by atomic mass is 9.51. The first-order valence-corrected chi connectivity index (χ1v) is 10.2.